The highest BCUT2D eigenvalue weighted by Gasteiger charge is 2.13. The first-order chi connectivity index (χ1) is 14.6. The van der Waals surface area contributed by atoms with Crippen LogP contribution in [0.1, 0.15) is 16.0 Å². The van der Waals surface area contributed by atoms with Crippen molar-refractivity contribution < 1.29 is 9.53 Å². The van der Waals surface area contributed by atoms with E-state index in [0.29, 0.717) is 19.0 Å². The quantitative estimate of drug-likeness (QED) is 0.297. The minimum Gasteiger partial charge on any atom is -0.379 e. The minimum absolute atomic E-state index is 0. The number of morpholine rings is 1. The van der Waals surface area contributed by atoms with Crippen LogP contribution in [0.4, 0.5) is 0 Å². The number of likely N-dealkylation sites (N-methyl/N-ethyl adjacent to an activating group) is 1. The van der Waals surface area contributed by atoms with Gasteiger partial charge in [-0.2, -0.15) is 0 Å². The molecule has 3 rings (SSSR count). The molecular weight excluding hydrogens is 525 g/mol. The number of ether oxygens (including phenoxy) is 1. The molecule has 2 heterocycles. The number of amides is 1. The first kappa shape index (κ1) is 25.6. The average molecular weight is 558 g/mol. The molecular formula is C22H32IN5O2S. The van der Waals surface area contributed by atoms with Crippen molar-refractivity contribution in [1.82, 2.24) is 20.4 Å². The molecule has 1 aromatic carbocycles. The Bertz CT molecular complexity index is 823. The topological polar surface area (TPSA) is 69.2 Å². The number of carbonyl (C=O) groups is 1. The summed E-state index contributed by atoms with van der Waals surface area (Å²) in [5.41, 5.74) is 2.48. The van der Waals surface area contributed by atoms with Gasteiger partial charge in [0, 0.05) is 38.6 Å². The number of benzene rings is 1. The molecule has 9 heteroatoms. The highest BCUT2D eigenvalue weighted by Crippen LogP contribution is 2.14. The molecule has 0 atom stereocenters. The number of halogens is 1. The van der Waals surface area contributed by atoms with Crippen molar-refractivity contribution in [2.75, 3.05) is 46.9 Å². The third-order valence-electron chi connectivity index (χ3n) is 4.94. The van der Waals surface area contributed by atoms with Crippen molar-refractivity contribution in [1.29, 1.82) is 0 Å². The molecule has 0 bridgehead atoms. The van der Waals surface area contributed by atoms with Gasteiger partial charge in [-0.3, -0.25) is 9.69 Å². The molecule has 1 aliphatic heterocycles. The molecule has 2 N–H and O–H groups in total. The number of aliphatic imine (C=N–C) groups is 1. The van der Waals surface area contributed by atoms with Crippen molar-refractivity contribution in [3.63, 3.8) is 0 Å². The van der Waals surface area contributed by atoms with Gasteiger partial charge in [-0.05, 0) is 22.6 Å². The lowest BCUT2D eigenvalue weighted by Gasteiger charge is -2.27. The van der Waals surface area contributed by atoms with Gasteiger partial charge in [-0.25, -0.2) is 4.99 Å². The van der Waals surface area contributed by atoms with Crippen LogP contribution in [0.25, 0.3) is 0 Å². The fourth-order valence-electron chi connectivity index (χ4n) is 3.11. The molecule has 170 valence electrons. The van der Waals surface area contributed by atoms with Crippen molar-refractivity contribution >= 4 is 47.2 Å². The Morgan fingerprint density at radius 3 is 2.55 bits per heavy atom. The van der Waals surface area contributed by atoms with Gasteiger partial charge < -0.3 is 20.3 Å². The summed E-state index contributed by atoms with van der Waals surface area (Å²) in [6.07, 6.45) is 0. The first-order valence-electron chi connectivity index (χ1n) is 10.2. The van der Waals surface area contributed by atoms with E-state index in [2.05, 4.69) is 51.2 Å². The van der Waals surface area contributed by atoms with Crippen LogP contribution in [0.2, 0.25) is 0 Å². The maximum atomic E-state index is 12.0. The SMILES string of the molecule is CN(C)C(=O)CNC(=NCc1ccccc1CN1CCOCC1)NCc1cccs1.I. The zero-order valence-electron chi connectivity index (χ0n) is 18.2. The normalized spacial score (nSPS) is 14.6. The van der Waals surface area contributed by atoms with Gasteiger partial charge in [0.1, 0.15) is 0 Å². The first-order valence-corrected chi connectivity index (χ1v) is 11.1. The predicted octanol–water partition coefficient (Wildman–Crippen LogP) is 2.52. The predicted molar refractivity (Wildman–Crippen MR) is 137 cm³/mol. The van der Waals surface area contributed by atoms with Gasteiger partial charge in [-0.1, -0.05) is 30.3 Å². The smallest absolute Gasteiger partial charge is 0.241 e. The number of nitrogens with one attached hydrogen (secondary N) is 2. The maximum Gasteiger partial charge on any atom is 0.241 e. The summed E-state index contributed by atoms with van der Waals surface area (Å²) in [4.78, 5) is 22.0. The molecule has 0 radical (unpaired) electrons. The van der Waals surface area contributed by atoms with Crippen LogP contribution < -0.4 is 10.6 Å². The highest BCUT2D eigenvalue weighted by molar-refractivity contribution is 14.0. The van der Waals surface area contributed by atoms with Gasteiger partial charge in [0.15, 0.2) is 5.96 Å². The second kappa shape index (κ2) is 13.7. The largest absolute Gasteiger partial charge is 0.379 e. The van der Waals surface area contributed by atoms with E-state index in [-0.39, 0.29) is 36.4 Å². The third kappa shape index (κ3) is 8.76. The second-order valence-electron chi connectivity index (χ2n) is 7.40. The van der Waals surface area contributed by atoms with Crippen LogP contribution in [0.3, 0.4) is 0 Å². The van der Waals surface area contributed by atoms with Crippen molar-refractivity contribution in [3.8, 4) is 0 Å². The number of thiophene rings is 1. The summed E-state index contributed by atoms with van der Waals surface area (Å²) < 4.78 is 5.46. The second-order valence-corrected chi connectivity index (χ2v) is 8.43. The van der Waals surface area contributed by atoms with Crippen LogP contribution in [-0.4, -0.2) is 68.6 Å². The molecule has 31 heavy (non-hydrogen) atoms. The molecule has 1 amide bonds. The molecule has 1 saturated heterocycles. The van der Waals surface area contributed by atoms with E-state index >= 15 is 0 Å². The molecule has 0 unspecified atom stereocenters. The van der Waals surface area contributed by atoms with E-state index in [1.54, 1.807) is 30.3 Å². The summed E-state index contributed by atoms with van der Waals surface area (Å²) in [5, 5.41) is 8.55. The van der Waals surface area contributed by atoms with E-state index < -0.39 is 0 Å². The summed E-state index contributed by atoms with van der Waals surface area (Å²) in [5.74, 6) is 0.646. The summed E-state index contributed by atoms with van der Waals surface area (Å²) >= 11 is 1.69. The minimum atomic E-state index is 0. The summed E-state index contributed by atoms with van der Waals surface area (Å²) in [6, 6.07) is 12.5. The van der Waals surface area contributed by atoms with E-state index in [4.69, 9.17) is 9.73 Å². The fraction of sp³-hybridized carbons (Fsp3) is 0.455. The van der Waals surface area contributed by atoms with Gasteiger partial charge in [0.05, 0.1) is 32.8 Å². The molecule has 2 aromatic rings. The average Bonchev–Trinajstić information content (AvgIpc) is 3.28. The summed E-state index contributed by atoms with van der Waals surface area (Å²) in [6.45, 7) is 5.84. The van der Waals surface area contributed by atoms with E-state index in [0.717, 1.165) is 32.8 Å². The zero-order chi connectivity index (χ0) is 21.2. The number of hydrogen-bond donors (Lipinski definition) is 2. The van der Waals surface area contributed by atoms with Crippen LogP contribution in [0, 0.1) is 0 Å². The molecule has 0 saturated carbocycles. The molecule has 0 spiro atoms. The van der Waals surface area contributed by atoms with Crippen LogP contribution in [0.15, 0.2) is 46.8 Å². The van der Waals surface area contributed by atoms with Gasteiger partial charge in [0.2, 0.25) is 5.91 Å². The Balaban J connectivity index is 0.00000341. The monoisotopic (exact) mass is 557 g/mol. The Labute approximate surface area is 205 Å². The fourth-order valence-corrected chi connectivity index (χ4v) is 3.75. The molecule has 1 fully saturated rings. The van der Waals surface area contributed by atoms with Gasteiger partial charge in [0.25, 0.3) is 0 Å². The molecule has 7 nitrogen and oxygen atoms in total. The standard InChI is InChI=1S/C22H31N5O2S.HI/c1-26(2)21(28)16-25-22(24-15-20-8-5-13-30-20)23-14-18-6-3-4-7-19(18)17-27-9-11-29-12-10-27;/h3-8,13H,9-12,14-17H2,1-2H3,(H2,23,24,25);1H. The maximum absolute atomic E-state index is 12.0. The van der Waals surface area contributed by atoms with Crippen molar-refractivity contribution in [3.05, 3.63) is 57.8 Å². The Morgan fingerprint density at radius 2 is 1.87 bits per heavy atom. The third-order valence-corrected chi connectivity index (χ3v) is 5.82. The number of carbonyl (C=O) groups excluding carboxylic acids is 1. The lowest BCUT2D eigenvalue weighted by Crippen LogP contribution is -2.42. The Morgan fingerprint density at radius 1 is 1.13 bits per heavy atom. The Hall–Kier alpha value is -1.69. The van der Waals surface area contributed by atoms with E-state index in [1.807, 2.05) is 6.07 Å². The highest BCUT2D eigenvalue weighted by atomic mass is 127. The number of hydrogen-bond acceptors (Lipinski definition) is 5. The van der Waals surface area contributed by atoms with Gasteiger partial charge >= 0.3 is 0 Å². The molecule has 1 aromatic heterocycles. The van der Waals surface area contributed by atoms with Crippen molar-refractivity contribution in [2.24, 2.45) is 4.99 Å². The van der Waals surface area contributed by atoms with Crippen LogP contribution in [-0.2, 0) is 29.2 Å². The number of rotatable bonds is 8. The lowest BCUT2D eigenvalue weighted by molar-refractivity contribution is -0.127. The lowest BCUT2D eigenvalue weighted by atomic mass is 10.1. The Kier molecular flexibility index (Phi) is 11.3. The zero-order valence-corrected chi connectivity index (χ0v) is 21.3. The van der Waals surface area contributed by atoms with Crippen LogP contribution in [0.5, 0.6) is 0 Å². The van der Waals surface area contributed by atoms with E-state index in [1.165, 1.54) is 16.0 Å². The summed E-state index contributed by atoms with van der Waals surface area (Å²) in [7, 11) is 3.50. The number of nitrogens with zero attached hydrogens (tertiary/aromatic N) is 3. The van der Waals surface area contributed by atoms with Crippen LogP contribution >= 0.6 is 35.3 Å². The number of guanidine groups is 1. The van der Waals surface area contributed by atoms with Crippen molar-refractivity contribution in [2.45, 2.75) is 19.6 Å². The molecule has 0 aliphatic carbocycles. The molecule has 1 aliphatic rings. The van der Waals surface area contributed by atoms with Gasteiger partial charge in [-0.15, -0.1) is 35.3 Å². The van der Waals surface area contributed by atoms with E-state index in [9.17, 15) is 4.79 Å².